The van der Waals surface area contributed by atoms with Gasteiger partial charge in [-0.1, -0.05) is 31.4 Å². The lowest BCUT2D eigenvalue weighted by atomic mass is 9.65. The summed E-state index contributed by atoms with van der Waals surface area (Å²) >= 11 is 0. The van der Waals surface area contributed by atoms with Crippen molar-refractivity contribution in [3.63, 3.8) is 0 Å². The van der Waals surface area contributed by atoms with Crippen LogP contribution in [0.4, 0.5) is 4.39 Å². The second kappa shape index (κ2) is 8.32. The molecule has 3 heteroatoms. The Bertz CT molecular complexity index is 799. The Hall–Kier alpha value is -1.74. The number of nitrogens with zero attached hydrogens (tertiary/aromatic N) is 1. The van der Waals surface area contributed by atoms with Crippen LogP contribution < -0.4 is 0 Å². The van der Waals surface area contributed by atoms with Gasteiger partial charge in [0.1, 0.15) is 5.82 Å². The third kappa shape index (κ3) is 4.15. The van der Waals surface area contributed by atoms with E-state index in [2.05, 4.69) is 24.0 Å². The molecule has 1 aliphatic heterocycles. The van der Waals surface area contributed by atoms with E-state index in [0.29, 0.717) is 0 Å². The van der Waals surface area contributed by atoms with Crippen LogP contribution in [0.25, 0.3) is 0 Å². The molecule has 1 aliphatic carbocycles. The zero-order valence-corrected chi connectivity index (χ0v) is 17.1. The number of hydrogen-bond acceptors (Lipinski definition) is 2. The van der Waals surface area contributed by atoms with Crippen LogP contribution in [0.15, 0.2) is 42.7 Å². The van der Waals surface area contributed by atoms with Gasteiger partial charge in [-0.15, -0.1) is 0 Å². The van der Waals surface area contributed by atoms with Crippen molar-refractivity contribution in [3.8, 4) is 0 Å². The minimum absolute atomic E-state index is 0.0322. The van der Waals surface area contributed by atoms with Gasteiger partial charge in [0.2, 0.25) is 0 Å². The van der Waals surface area contributed by atoms with E-state index in [1.54, 1.807) is 12.1 Å². The van der Waals surface area contributed by atoms with Crippen LogP contribution in [0.2, 0.25) is 0 Å². The average molecular weight is 382 g/mol. The standard InChI is InChI=1S/C25H32FNO/c1-20-10-15-27-18-21(20)7-2-3-11-24(22-8-6-9-23(26)17-22)14-16-28-25(19-24)12-4-5-13-25/h6,8-10,15,17-18H,2-5,7,11-14,16,19H2,1H3/t24-/m1/s1. The summed E-state index contributed by atoms with van der Waals surface area (Å²) < 4.78 is 20.4. The fraction of sp³-hybridized carbons (Fsp3) is 0.560. The molecule has 1 aromatic carbocycles. The van der Waals surface area contributed by atoms with Crippen LogP contribution in [0.1, 0.15) is 74.5 Å². The fourth-order valence-corrected chi connectivity index (χ4v) is 5.52. The summed E-state index contributed by atoms with van der Waals surface area (Å²) in [5.74, 6) is -0.116. The van der Waals surface area contributed by atoms with E-state index in [-0.39, 0.29) is 16.8 Å². The van der Waals surface area contributed by atoms with E-state index in [4.69, 9.17) is 4.74 Å². The van der Waals surface area contributed by atoms with Gasteiger partial charge in [0.05, 0.1) is 5.60 Å². The zero-order chi connectivity index (χ0) is 19.5. The SMILES string of the molecule is Cc1ccncc1CCCC[C@@]1(c2cccc(F)c2)CCOC2(CCCC2)C1. The van der Waals surface area contributed by atoms with E-state index in [9.17, 15) is 4.39 Å². The highest BCUT2D eigenvalue weighted by Crippen LogP contribution is 2.50. The molecular weight excluding hydrogens is 349 g/mol. The van der Waals surface area contributed by atoms with Crippen LogP contribution in [0.3, 0.4) is 0 Å². The first-order chi connectivity index (χ1) is 13.6. The van der Waals surface area contributed by atoms with Crippen LogP contribution in [0.5, 0.6) is 0 Å². The van der Waals surface area contributed by atoms with Crippen molar-refractivity contribution >= 4 is 0 Å². The highest BCUT2D eigenvalue weighted by molar-refractivity contribution is 5.28. The fourth-order valence-electron chi connectivity index (χ4n) is 5.52. The number of unbranched alkanes of at least 4 members (excludes halogenated alkanes) is 1. The minimum Gasteiger partial charge on any atom is -0.375 e. The molecular formula is C25H32FNO. The van der Waals surface area contributed by atoms with Crippen molar-refractivity contribution in [2.45, 2.75) is 82.1 Å². The van der Waals surface area contributed by atoms with Crippen LogP contribution in [-0.2, 0) is 16.6 Å². The molecule has 1 atom stereocenters. The molecule has 0 bridgehead atoms. The molecule has 2 heterocycles. The number of rotatable bonds is 6. The van der Waals surface area contributed by atoms with E-state index in [1.165, 1.54) is 42.4 Å². The monoisotopic (exact) mass is 381 g/mol. The number of aryl methyl sites for hydroxylation is 2. The number of ether oxygens (including phenoxy) is 1. The molecule has 1 saturated carbocycles. The van der Waals surface area contributed by atoms with Gasteiger partial charge < -0.3 is 4.74 Å². The maximum Gasteiger partial charge on any atom is 0.123 e. The van der Waals surface area contributed by atoms with Gasteiger partial charge in [0, 0.05) is 24.4 Å². The Morgan fingerprint density at radius 3 is 2.75 bits per heavy atom. The maximum absolute atomic E-state index is 14.1. The first-order valence-corrected chi connectivity index (χ1v) is 10.9. The quantitative estimate of drug-likeness (QED) is 0.548. The molecule has 150 valence electrons. The zero-order valence-electron chi connectivity index (χ0n) is 17.1. The molecule has 2 aromatic rings. The lowest BCUT2D eigenvalue weighted by Crippen LogP contribution is -2.46. The van der Waals surface area contributed by atoms with Gasteiger partial charge in [-0.25, -0.2) is 4.39 Å². The van der Waals surface area contributed by atoms with Crippen LogP contribution in [0, 0.1) is 12.7 Å². The molecule has 2 aliphatic rings. The van der Waals surface area contributed by atoms with Gasteiger partial charge in [-0.05, 0) is 86.8 Å². The highest BCUT2D eigenvalue weighted by Gasteiger charge is 2.47. The predicted molar refractivity (Wildman–Crippen MR) is 111 cm³/mol. The Morgan fingerprint density at radius 1 is 1.11 bits per heavy atom. The summed E-state index contributed by atoms with van der Waals surface area (Å²) in [6, 6.07) is 9.45. The Balaban J connectivity index is 1.49. The first kappa shape index (κ1) is 19.6. The number of hydrogen-bond donors (Lipinski definition) is 0. The molecule has 4 rings (SSSR count). The normalized spacial score (nSPS) is 23.9. The lowest BCUT2D eigenvalue weighted by Gasteiger charge is -2.47. The second-order valence-electron chi connectivity index (χ2n) is 8.97. The predicted octanol–water partition coefficient (Wildman–Crippen LogP) is 6.30. The number of pyridine rings is 1. The molecule has 2 fully saturated rings. The van der Waals surface area contributed by atoms with Crippen molar-refractivity contribution in [1.29, 1.82) is 0 Å². The van der Waals surface area contributed by atoms with Crippen LogP contribution >= 0.6 is 0 Å². The second-order valence-corrected chi connectivity index (χ2v) is 8.97. The minimum atomic E-state index is -0.116. The Labute approximate surface area is 168 Å². The summed E-state index contributed by atoms with van der Waals surface area (Å²) in [4.78, 5) is 4.27. The van der Waals surface area contributed by atoms with Crippen LogP contribution in [-0.4, -0.2) is 17.2 Å². The molecule has 1 spiro atoms. The average Bonchev–Trinajstić information content (AvgIpc) is 3.14. The third-order valence-electron chi connectivity index (χ3n) is 7.10. The molecule has 0 amide bonds. The van der Waals surface area contributed by atoms with E-state index in [0.717, 1.165) is 45.1 Å². The smallest absolute Gasteiger partial charge is 0.123 e. The maximum atomic E-state index is 14.1. The van der Waals surface area contributed by atoms with Gasteiger partial charge in [0.15, 0.2) is 0 Å². The third-order valence-corrected chi connectivity index (χ3v) is 7.10. The van der Waals surface area contributed by atoms with Crippen molar-refractivity contribution in [1.82, 2.24) is 4.98 Å². The highest BCUT2D eigenvalue weighted by atomic mass is 19.1. The summed E-state index contributed by atoms with van der Waals surface area (Å²) in [5, 5.41) is 0. The van der Waals surface area contributed by atoms with Gasteiger partial charge in [-0.2, -0.15) is 0 Å². The van der Waals surface area contributed by atoms with Gasteiger partial charge in [0.25, 0.3) is 0 Å². The van der Waals surface area contributed by atoms with E-state index in [1.807, 2.05) is 18.5 Å². The van der Waals surface area contributed by atoms with E-state index >= 15 is 0 Å². The number of halogens is 1. The summed E-state index contributed by atoms with van der Waals surface area (Å²) in [6.07, 6.45) is 15.3. The van der Waals surface area contributed by atoms with Crippen molar-refractivity contribution in [2.24, 2.45) is 0 Å². The van der Waals surface area contributed by atoms with Crippen molar-refractivity contribution in [2.75, 3.05) is 6.61 Å². The molecule has 0 unspecified atom stereocenters. The number of aromatic nitrogens is 1. The molecule has 2 nitrogen and oxygen atoms in total. The summed E-state index contributed by atoms with van der Waals surface area (Å²) in [5.41, 5.74) is 3.94. The van der Waals surface area contributed by atoms with Gasteiger partial charge >= 0.3 is 0 Å². The van der Waals surface area contributed by atoms with Gasteiger partial charge in [-0.3, -0.25) is 4.98 Å². The summed E-state index contributed by atoms with van der Waals surface area (Å²) in [7, 11) is 0. The molecule has 0 radical (unpaired) electrons. The summed E-state index contributed by atoms with van der Waals surface area (Å²) in [6.45, 7) is 2.96. The van der Waals surface area contributed by atoms with Crippen molar-refractivity contribution < 1.29 is 9.13 Å². The van der Waals surface area contributed by atoms with Crippen molar-refractivity contribution in [3.05, 3.63) is 65.2 Å². The first-order valence-electron chi connectivity index (χ1n) is 10.9. The molecule has 1 saturated heterocycles. The molecule has 28 heavy (non-hydrogen) atoms. The largest absolute Gasteiger partial charge is 0.375 e. The topological polar surface area (TPSA) is 22.1 Å². The van der Waals surface area contributed by atoms with E-state index < -0.39 is 0 Å². The molecule has 1 aromatic heterocycles. The Kier molecular flexibility index (Phi) is 5.82. The molecule has 0 N–H and O–H groups in total. The number of benzene rings is 1. The lowest BCUT2D eigenvalue weighted by molar-refractivity contribution is -0.104. The Morgan fingerprint density at radius 2 is 1.96 bits per heavy atom.